The lowest BCUT2D eigenvalue weighted by Crippen LogP contribution is -2.34. The van der Waals surface area contributed by atoms with Gasteiger partial charge in [-0.15, -0.1) is 0 Å². The Morgan fingerprint density at radius 2 is 2.12 bits per heavy atom. The fourth-order valence-corrected chi connectivity index (χ4v) is 3.30. The predicted octanol–water partition coefficient (Wildman–Crippen LogP) is 2.78. The Hall–Kier alpha value is -2.14. The van der Waals surface area contributed by atoms with Crippen LogP contribution in [-0.4, -0.2) is 34.9 Å². The highest BCUT2D eigenvalue weighted by Gasteiger charge is 2.31. The zero-order chi connectivity index (χ0) is 17.1. The summed E-state index contributed by atoms with van der Waals surface area (Å²) in [5, 5.41) is 0. The van der Waals surface area contributed by atoms with Crippen molar-refractivity contribution in [2.45, 2.75) is 39.2 Å². The van der Waals surface area contributed by atoms with E-state index < -0.39 is 0 Å². The van der Waals surface area contributed by atoms with Crippen LogP contribution in [0.25, 0.3) is 11.3 Å². The molecule has 2 atom stereocenters. The minimum absolute atomic E-state index is 0.161. The monoisotopic (exact) mass is 327 g/mol. The Bertz CT molecular complexity index is 693. The average Bonchev–Trinajstić information content (AvgIpc) is 3.20. The van der Waals surface area contributed by atoms with E-state index in [4.69, 9.17) is 10.2 Å². The van der Waals surface area contributed by atoms with Gasteiger partial charge in [0.15, 0.2) is 11.7 Å². The number of amides is 1. The van der Waals surface area contributed by atoms with Crippen molar-refractivity contribution in [1.82, 2.24) is 9.88 Å². The Kier molecular flexibility index (Phi) is 5.00. The van der Waals surface area contributed by atoms with E-state index in [1.54, 1.807) is 6.20 Å². The second-order valence-electron chi connectivity index (χ2n) is 6.72. The van der Waals surface area contributed by atoms with Gasteiger partial charge in [-0.2, -0.15) is 0 Å². The minimum Gasteiger partial charge on any atom is -0.441 e. The molecule has 3 rings (SSSR count). The first-order valence-corrected chi connectivity index (χ1v) is 8.58. The number of carbonyl (C=O) groups is 1. The molecule has 0 aliphatic carbocycles. The number of benzene rings is 1. The molecule has 1 aliphatic rings. The number of aromatic nitrogens is 1. The molecular weight excluding hydrogens is 302 g/mol. The second kappa shape index (κ2) is 7.18. The van der Waals surface area contributed by atoms with Gasteiger partial charge in [0.25, 0.3) is 0 Å². The van der Waals surface area contributed by atoms with Gasteiger partial charge in [0.2, 0.25) is 5.91 Å². The third-order valence-electron chi connectivity index (χ3n) is 4.76. The van der Waals surface area contributed by atoms with E-state index in [0.717, 1.165) is 24.3 Å². The molecule has 5 heteroatoms. The van der Waals surface area contributed by atoms with Gasteiger partial charge in [-0.05, 0) is 32.7 Å². The van der Waals surface area contributed by atoms with Crippen molar-refractivity contribution in [3.63, 3.8) is 0 Å². The average molecular weight is 327 g/mol. The Morgan fingerprint density at radius 1 is 1.38 bits per heavy atom. The van der Waals surface area contributed by atoms with Gasteiger partial charge in [-0.1, -0.05) is 29.8 Å². The van der Waals surface area contributed by atoms with Crippen molar-refractivity contribution in [3.8, 4) is 11.3 Å². The minimum atomic E-state index is 0.161. The maximum absolute atomic E-state index is 12.4. The maximum atomic E-state index is 12.4. The lowest BCUT2D eigenvalue weighted by molar-refractivity contribution is -0.131. The van der Waals surface area contributed by atoms with Gasteiger partial charge in [0, 0.05) is 31.0 Å². The zero-order valence-corrected chi connectivity index (χ0v) is 14.4. The highest BCUT2D eigenvalue weighted by Crippen LogP contribution is 2.24. The van der Waals surface area contributed by atoms with Crippen molar-refractivity contribution in [2.24, 2.45) is 11.7 Å². The summed E-state index contributed by atoms with van der Waals surface area (Å²) >= 11 is 0. The summed E-state index contributed by atoms with van der Waals surface area (Å²) in [6, 6.07) is 8.40. The topological polar surface area (TPSA) is 72.4 Å². The summed E-state index contributed by atoms with van der Waals surface area (Å²) in [5.74, 6) is 1.95. The quantitative estimate of drug-likeness (QED) is 0.916. The molecule has 2 aromatic rings. The molecular formula is C19H25N3O2. The van der Waals surface area contributed by atoms with E-state index in [1.807, 2.05) is 29.2 Å². The van der Waals surface area contributed by atoms with Crippen molar-refractivity contribution < 1.29 is 9.21 Å². The number of likely N-dealkylation sites (tertiary alicyclic amines) is 1. The Balaban J connectivity index is 1.57. The summed E-state index contributed by atoms with van der Waals surface area (Å²) in [4.78, 5) is 18.7. The molecule has 128 valence electrons. The molecule has 1 fully saturated rings. The number of rotatable bonds is 5. The Morgan fingerprint density at radius 3 is 2.79 bits per heavy atom. The molecule has 0 radical (unpaired) electrons. The van der Waals surface area contributed by atoms with Crippen LogP contribution in [0.1, 0.15) is 31.2 Å². The molecule has 24 heavy (non-hydrogen) atoms. The van der Waals surface area contributed by atoms with E-state index in [1.165, 1.54) is 5.56 Å². The van der Waals surface area contributed by atoms with Gasteiger partial charge in [0.1, 0.15) is 0 Å². The van der Waals surface area contributed by atoms with E-state index in [-0.39, 0.29) is 11.9 Å². The first-order chi connectivity index (χ1) is 11.6. The van der Waals surface area contributed by atoms with Crippen LogP contribution in [0, 0.1) is 12.8 Å². The number of carbonyl (C=O) groups excluding carboxylic acids is 1. The van der Waals surface area contributed by atoms with Gasteiger partial charge in [-0.3, -0.25) is 4.79 Å². The first kappa shape index (κ1) is 16.7. The van der Waals surface area contributed by atoms with Gasteiger partial charge >= 0.3 is 0 Å². The van der Waals surface area contributed by atoms with Gasteiger partial charge < -0.3 is 15.1 Å². The van der Waals surface area contributed by atoms with Crippen LogP contribution in [-0.2, 0) is 11.2 Å². The zero-order valence-electron chi connectivity index (χ0n) is 14.4. The van der Waals surface area contributed by atoms with Crippen LogP contribution in [0.4, 0.5) is 0 Å². The molecule has 0 bridgehead atoms. The summed E-state index contributed by atoms with van der Waals surface area (Å²) in [5.41, 5.74) is 7.94. The second-order valence-corrected chi connectivity index (χ2v) is 6.72. The molecule has 0 spiro atoms. The highest BCUT2D eigenvalue weighted by atomic mass is 16.4. The number of nitrogens with zero attached hydrogens (tertiary/aromatic N) is 2. The van der Waals surface area contributed by atoms with Crippen molar-refractivity contribution in [1.29, 1.82) is 0 Å². The standard InChI is InChI=1S/C19H25N3O2/c1-13-3-5-16(6-4-13)17-11-21-18(24-17)7-8-19(23)22-12-15(10-20)9-14(22)2/h3-6,11,14-15H,7-10,12,20H2,1-2H3. The largest absolute Gasteiger partial charge is 0.441 e. The van der Waals surface area contributed by atoms with Crippen LogP contribution in [0.2, 0.25) is 0 Å². The van der Waals surface area contributed by atoms with Crippen molar-refractivity contribution >= 4 is 5.91 Å². The van der Waals surface area contributed by atoms with Crippen LogP contribution < -0.4 is 5.73 Å². The lowest BCUT2D eigenvalue weighted by atomic mass is 10.1. The fourth-order valence-electron chi connectivity index (χ4n) is 3.30. The molecule has 1 saturated heterocycles. The molecule has 2 heterocycles. The maximum Gasteiger partial charge on any atom is 0.223 e. The third kappa shape index (κ3) is 3.67. The molecule has 1 aromatic carbocycles. The first-order valence-electron chi connectivity index (χ1n) is 8.58. The predicted molar refractivity (Wildman–Crippen MR) is 93.3 cm³/mol. The summed E-state index contributed by atoms with van der Waals surface area (Å²) in [6.07, 6.45) is 3.68. The fraction of sp³-hybridized carbons (Fsp3) is 0.474. The SMILES string of the molecule is Cc1ccc(-c2cnc(CCC(=O)N3CC(CN)CC3C)o2)cc1. The number of hydrogen-bond acceptors (Lipinski definition) is 4. The van der Waals surface area contributed by atoms with Gasteiger partial charge in [0.05, 0.1) is 6.20 Å². The molecule has 2 unspecified atom stereocenters. The van der Waals surface area contributed by atoms with E-state index in [0.29, 0.717) is 31.2 Å². The molecule has 0 saturated carbocycles. The molecule has 1 amide bonds. The van der Waals surface area contributed by atoms with Gasteiger partial charge in [-0.25, -0.2) is 4.98 Å². The number of oxazole rings is 1. The van der Waals surface area contributed by atoms with E-state index >= 15 is 0 Å². The van der Waals surface area contributed by atoms with Crippen LogP contribution in [0.3, 0.4) is 0 Å². The molecule has 5 nitrogen and oxygen atoms in total. The lowest BCUT2D eigenvalue weighted by Gasteiger charge is -2.21. The number of hydrogen-bond donors (Lipinski definition) is 1. The van der Waals surface area contributed by atoms with Crippen molar-refractivity contribution in [2.75, 3.05) is 13.1 Å². The molecule has 2 N–H and O–H groups in total. The van der Waals surface area contributed by atoms with Crippen molar-refractivity contribution in [3.05, 3.63) is 41.9 Å². The van der Waals surface area contributed by atoms with Crippen LogP contribution in [0.5, 0.6) is 0 Å². The van der Waals surface area contributed by atoms with Crippen LogP contribution in [0.15, 0.2) is 34.9 Å². The third-order valence-corrected chi connectivity index (χ3v) is 4.76. The van der Waals surface area contributed by atoms with E-state index in [2.05, 4.69) is 18.8 Å². The summed E-state index contributed by atoms with van der Waals surface area (Å²) in [7, 11) is 0. The molecule has 1 aliphatic heterocycles. The van der Waals surface area contributed by atoms with Crippen LogP contribution >= 0.6 is 0 Å². The Labute approximate surface area is 142 Å². The summed E-state index contributed by atoms with van der Waals surface area (Å²) in [6.45, 7) is 5.56. The van der Waals surface area contributed by atoms with E-state index in [9.17, 15) is 4.79 Å². The highest BCUT2D eigenvalue weighted by molar-refractivity contribution is 5.77. The normalized spacial score (nSPS) is 20.5. The number of nitrogens with two attached hydrogens (primary N) is 1. The smallest absolute Gasteiger partial charge is 0.223 e. The number of aryl methyl sites for hydroxylation is 2. The molecule has 1 aromatic heterocycles. The summed E-state index contributed by atoms with van der Waals surface area (Å²) < 4.78 is 5.79.